The van der Waals surface area contributed by atoms with Gasteiger partial charge in [-0.25, -0.2) is 23.5 Å². The van der Waals surface area contributed by atoms with E-state index < -0.39 is 0 Å². The number of hydrogen-bond donors (Lipinski definition) is 0. The van der Waals surface area contributed by atoms with E-state index in [2.05, 4.69) is 0 Å². The van der Waals surface area contributed by atoms with Gasteiger partial charge in [0.15, 0.2) is 0 Å². The van der Waals surface area contributed by atoms with Crippen LogP contribution < -0.4 is 11.4 Å². The second-order valence-electron chi connectivity index (χ2n) is 4.48. The Labute approximate surface area is 114 Å². The molecule has 0 unspecified atom stereocenters. The minimum atomic E-state index is -0.380. The van der Waals surface area contributed by atoms with Gasteiger partial charge in [-0.3, -0.25) is 0 Å². The lowest BCUT2D eigenvalue weighted by Gasteiger charge is -2.02. The van der Waals surface area contributed by atoms with Crippen LogP contribution in [0.25, 0.3) is 17.0 Å². The number of rotatable bonds is 2. The van der Waals surface area contributed by atoms with Gasteiger partial charge >= 0.3 is 11.4 Å². The normalized spacial score (nSPS) is 10.9. The monoisotopic (exact) mass is 271 g/mol. The number of aromatic nitrogens is 3. The van der Waals surface area contributed by atoms with Gasteiger partial charge in [0.1, 0.15) is 5.76 Å². The maximum absolute atomic E-state index is 12.1. The summed E-state index contributed by atoms with van der Waals surface area (Å²) in [6, 6.07) is 10.7. The van der Waals surface area contributed by atoms with Crippen LogP contribution in [0.1, 0.15) is 0 Å². The molecule has 0 saturated heterocycles. The summed E-state index contributed by atoms with van der Waals surface area (Å²) in [5.74, 6) is 0.688. The zero-order chi connectivity index (χ0) is 14.3. The van der Waals surface area contributed by atoms with E-state index in [-0.39, 0.29) is 11.4 Å². The van der Waals surface area contributed by atoms with E-state index >= 15 is 0 Å². The Morgan fingerprint density at radius 1 is 0.950 bits per heavy atom. The van der Waals surface area contributed by atoms with Crippen molar-refractivity contribution in [2.45, 2.75) is 0 Å². The number of hydrogen-bond acceptors (Lipinski definition) is 3. The maximum atomic E-state index is 12.1. The zero-order valence-electron chi connectivity index (χ0n) is 11.1. The van der Waals surface area contributed by atoms with Crippen molar-refractivity contribution in [3.05, 3.63) is 63.6 Å². The van der Waals surface area contributed by atoms with Crippen LogP contribution in [-0.2, 0) is 14.1 Å². The fourth-order valence-corrected chi connectivity index (χ4v) is 2.09. The molecule has 0 aliphatic carbocycles. The fraction of sp³-hybridized carbons (Fsp3) is 0.143. The molecule has 6 heteroatoms. The first kappa shape index (κ1) is 12.3. The summed E-state index contributed by atoms with van der Waals surface area (Å²) in [6.45, 7) is 0. The maximum Gasteiger partial charge on any atom is 0.351 e. The standard InChI is InChI=1S/C14H13N3O3/c1-15-13(18)17(14(19)16(15)2)11-6-3-5-10(9-11)12-7-4-8-20-12/h3-9H,1-2H3. The molecule has 0 saturated carbocycles. The van der Waals surface area contributed by atoms with E-state index in [4.69, 9.17) is 4.42 Å². The molecule has 0 aliphatic rings. The summed E-state index contributed by atoms with van der Waals surface area (Å²) in [5, 5.41) is 0. The molecule has 0 radical (unpaired) electrons. The van der Waals surface area contributed by atoms with E-state index in [0.29, 0.717) is 11.4 Å². The van der Waals surface area contributed by atoms with Crippen molar-refractivity contribution in [3.8, 4) is 17.0 Å². The third-order valence-electron chi connectivity index (χ3n) is 3.30. The Kier molecular flexibility index (Phi) is 2.71. The third-order valence-corrected chi connectivity index (χ3v) is 3.30. The van der Waals surface area contributed by atoms with Gasteiger partial charge in [-0.05, 0) is 24.3 Å². The van der Waals surface area contributed by atoms with Crippen LogP contribution in [0.15, 0.2) is 56.7 Å². The highest BCUT2D eigenvalue weighted by Crippen LogP contribution is 2.21. The average Bonchev–Trinajstić information content (AvgIpc) is 3.05. The van der Waals surface area contributed by atoms with Gasteiger partial charge in [-0.2, -0.15) is 0 Å². The van der Waals surface area contributed by atoms with Gasteiger partial charge in [-0.1, -0.05) is 12.1 Å². The second-order valence-corrected chi connectivity index (χ2v) is 4.48. The first-order valence-electron chi connectivity index (χ1n) is 6.09. The lowest BCUT2D eigenvalue weighted by atomic mass is 10.1. The van der Waals surface area contributed by atoms with E-state index in [9.17, 15) is 9.59 Å². The van der Waals surface area contributed by atoms with Crippen molar-refractivity contribution >= 4 is 0 Å². The number of furan rings is 1. The Balaban J connectivity index is 2.22. The Hall–Kier alpha value is -2.76. The van der Waals surface area contributed by atoms with Gasteiger partial charge in [0, 0.05) is 19.7 Å². The van der Waals surface area contributed by atoms with E-state index in [1.807, 2.05) is 12.1 Å². The minimum Gasteiger partial charge on any atom is -0.464 e. The van der Waals surface area contributed by atoms with Crippen molar-refractivity contribution < 1.29 is 4.42 Å². The van der Waals surface area contributed by atoms with Crippen molar-refractivity contribution in [3.63, 3.8) is 0 Å². The van der Waals surface area contributed by atoms with Crippen molar-refractivity contribution in [2.24, 2.45) is 14.1 Å². The zero-order valence-corrected chi connectivity index (χ0v) is 11.1. The molecule has 6 nitrogen and oxygen atoms in total. The number of nitrogens with zero attached hydrogens (tertiary/aromatic N) is 3. The van der Waals surface area contributed by atoms with E-state index in [0.717, 1.165) is 10.1 Å². The van der Waals surface area contributed by atoms with Crippen molar-refractivity contribution in [2.75, 3.05) is 0 Å². The van der Waals surface area contributed by atoms with Gasteiger partial charge in [-0.15, -0.1) is 0 Å². The van der Waals surface area contributed by atoms with Gasteiger partial charge < -0.3 is 4.42 Å². The molecule has 2 aromatic heterocycles. The first-order chi connectivity index (χ1) is 9.59. The van der Waals surface area contributed by atoms with E-state index in [1.54, 1.807) is 44.6 Å². The van der Waals surface area contributed by atoms with Crippen LogP contribution in [0.2, 0.25) is 0 Å². The predicted molar refractivity (Wildman–Crippen MR) is 74.0 cm³/mol. The van der Waals surface area contributed by atoms with Gasteiger partial charge in [0.05, 0.1) is 12.0 Å². The molecular formula is C14H13N3O3. The van der Waals surface area contributed by atoms with Crippen molar-refractivity contribution in [1.82, 2.24) is 13.9 Å². The summed E-state index contributed by atoms with van der Waals surface area (Å²) in [5.41, 5.74) is 0.568. The summed E-state index contributed by atoms with van der Waals surface area (Å²) in [7, 11) is 3.10. The van der Waals surface area contributed by atoms with Crippen molar-refractivity contribution in [1.29, 1.82) is 0 Å². The highest BCUT2D eigenvalue weighted by atomic mass is 16.3. The lowest BCUT2D eigenvalue weighted by Crippen LogP contribution is -2.26. The number of benzene rings is 1. The molecule has 20 heavy (non-hydrogen) atoms. The fourth-order valence-electron chi connectivity index (χ4n) is 2.09. The molecular weight excluding hydrogens is 258 g/mol. The minimum absolute atomic E-state index is 0.380. The third kappa shape index (κ3) is 1.73. The summed E-state index contributed by atoms with van der Waals surface area (Å²) >= 11 is 0. The van der Waals surface area contributed by atoms with Gasteiger partial charge in [0.2, 0.25) is 0 Å². The molecule has 0 atom stereocenters. The molecule has 0 spiro atoms. The molecule has 3 aromatic rings. The molecule has 102 valence electrons. The largest absolute Gasteiger partial charge is 0.464 e. The van der Waals surface area contributed by atoms with Crippen LogP contribution in [0, 0.1) is 0 Å². The average molecular weight is 271 g/mol. The summed E-state index contributed by atoms with van der Waals surface area (Å²) in [4.78, 5) is 24.2. The Morgan fingerprint density at radius 2 is 1.65 bits per heavy atom. The molecule has 0 bridgehead atoms. The predicted octanol–water partition coefficient (Wildman–Crippen LogP) is 1.13. The summed E-state index contributed by atoms with van der Waals surface area (Å²) < 4.78 is 8.99. The smallest absolute Gasteiger partial charge is 0.351 e. The summed E-state index contributed by atoms with van der Waals surface area (Å²) in [6.07, 6.45) is 1.58. The van der Waals surface area contributed by atoms with Crippen LogP contribution >= 0.6 is 0 Å². The van der Waals surface area contributed by atoms with Crippen LogP contribution in [-0.4, -0.2) is 13.9 Å². The molecule has 3 rings (SSSR count). The topological polar surface area (TPSA) is 62.1 Å². The molecule has 0 aliphatic heterocycles. The first-order valence-corrected chi connectivity index (χ1v) is 6.09. The molecule has 0 N–H and O–H groups in total. The van der Waals surface area contributed by atoms with Crippen LogP contribution in [0.5, 0.6) is 0 Å². The quantitative estimate of drug-likeness (QED) is 0.702. The Morgan fingerprint density at radius 3 is 2.25 bits per heavy atom. The molecule has 0 amide bonds. The molecule has 0 fully saturated rings. The molecule has 2 heterocycles. The highest BCUT2D eigenvalue weighted by Gasteiger charge is 2.13. The van der Waals surface area contributed by atoms with E-state index in [1.165, 1.54) is 9.36 Å². The lowest BCUT2D eigenvalue weighted by molar-refractivity contribution is 0.565. The second kappa shape index (κ2) is 4.41. The highest BCUT2D eigenvalue weighted by molar-refractivity contribution is 5.60. The van der Waals surface area contributed by atoms with Gasteiger partial charge in [0.25, 0.3) is 0 Å². The van der Waals surface area contributed by atoms with Crippen LogP contribution in [0.4, 0.5) is 0 Å². The van der Waals surface area contributed by atoms with Crippen LogP contribution in [0.3, 0.4) is 0 Å². The molecule has 1 aromatic carbocycles. The SMILES string of the molecule is Cn1c(=O)n(-c2cccc(-c3ccco3)c2)c(=O)n1C. The Bertz CT molecular complexity index is 832.